The molecule has 0 spiro atoms. The molecule has 1 rings (SSSR count). The lowest BCUT2D eigenvalue weighted by Crippen LogP contribution is -2.32. The molecule has 0 aromatic heterocycles. The third-order valence-corrected chi connectivity index (χ3v) is 3.92. The van der Waals surface area contributed by atoms with Gasteiger partial charge in [0.1, 0.15) is 0 Å². The Hall–Kier alpha value is -1.11. The molecule has 2 N–H and O–H groups in total. The molecule has 0 unspecified atom stereocenters. The quantitative estimate of drug-likeness (QED) is 0.778. The van der Waals surface area contributed by atoms with Crippen LogP contribution < -0.4 is 5.32 Å². The van der Waals surface area contributed by atoms with Gasteiger partial charge in [-0.1, -0.05) is 11.6 Å². The Labute approximate surface area is 126 Å². The monoisotopic (exact) mass is 375 g/mol. The standard InChI is InChI=1S/C14H18INO3/c1-9-4-5-11(15)10(8-9)12(17)16-7-6-14(2,3)13(18)19/h4-5,8H,6-7H2,1-3H3,(H,16,17)(H,18,19). The van der Waals surface area contributed by atoms with E-state index in [2.05, 4.69) is 27.9 Å². The number of aryl methyl sites for hydroxylation is 1. The zero-order valence-electron chi connectivity index (χ0n) is 11.3. The number of rotatable bonds is 5. The summed E-state index contributed by atoms with van der Waals surface area (Å²) < 4.78 is 0.887. The predicted molar refractivity (Wildman–Crippen MR) is 82.3 cm³/mol. The van der Waals surface area contributed by atoms with Crippen LogP contribution in [0.15, 0.2) is 18.2 Å². The van der Waals surface area contributed by atoms with Crippen LogP contribution in [0.4, 0.5) is 0 Å². The maximum Gasteiger partial charge on any atom is 0.309 e. The molecule has 0 fully saturated rings. The first-order chi connectivity index (χ1) is 8.74. The minimum Gasteiger partial charge on any atom is -0.481 e. The van der Waals surface area contributed by atoms with Crippen LogP contribution in [0.25, 0.3) is 0 Å². The summed E-state index contributed by atoms with van der Waals surface area (Å²) in [5, 5.41) is 11.8. The second-order valence-corrected chi connectivity index (χ2v) is 6.34. The highest BCUT2D eigenvalue weighted by Crippen LogP contribution is 2.19. The van der Waals surface area contributed by atoms with E-state index in [1.165, 1.54) is 0 Å². The van der Waals surface area contributed by atoms with E-state index in [0.29, 0.717) is 18.5 Å². The molecule has 0 atom stereocenters. The van der Waals surface area contributed by atoms with E-state index in [1.54, 1.807) is 13.8 Å². The third-order valence-electron chi connectivity index (χ3n) is 2.98. The van der Waals surface area contributed by atoms with Gasteiger partial charge >= 0.3 is 5.97 Å². The molecular formula is C14H18INO3. The second kappa shape index (κ2) is 6.36. The average molecular weight is 375 g/mol. The first-order valence-electron chi connectivity index (χ1n) is 6.02. The molecule has 1 amide bonds. The van der Waals surface area contributed by atoms with Crippen molar-refractivity contribution in [2.24, 2.45) is 5.41 Å². The fourth-order valence-electron chi connectivity index (χ4n) is 1.50. The van der Waals surface area contributed by atoms with Crippen molar-refractivity contribution in [2.75, 3.05) is 6.54 Å². The third kappa shape index (κ3) is 4.49. The number of aliphatic carboxylic acids is 1. The molecule has 0 aliphatic carbocycles. The molecule has 0 aliphatic rings. The Bertz CT molecular complexity index is 497. The van der Waals surface area contributed by atoms with Crippen molar-refractivity contribution in [3.8, 4) is 0 Å². The van der Waals surface area contributed by atoms with Crippen LogP contribution in [0.2, 0.25) is 0 Å². The SMILES string of the molecule is Cc1ccc(I)c(C(=O)NCCC(C)(C)C(=O)O)c1. The van der Waals surface area contributed by atoms with Crippen LogP contribution in [0.1, 0.15) is 36.2 Å². The highest BCUT2D eigenvalue weighted by molar-refractivity contribution is 14.1. The molecule has 4 nitrogen and oxygen atoms in total. The number of nitrogens with one attached hydrogen (secondary N) is 1. The van der Waals surface area contributed by atoms with Crippen molar-refractivity contribution < 1.29 is 14.7 Å². The van der Waals surface area contributed by atoms with Gasteiger partial charge in [-0.15, -0.1) is 0 Å². The molecule has 0 saturated carbocycles. The Morgan fingerprint density at radius 1 is 1.37 bits per heavy atom. The van der Waals surface area contributed by atoms with Crippen LogP contribution in [0, 0.1) is 15.9 Å². The van der Waals surface area contributed by atoms with Gasteiger partial charge in [-0.25, -0.2) is 0 Å². The summed E-state index contributed by atoms with van der Waals surface area (Å²) in [7, 11) is 0. The summed E-state index contributed by atoms with van der Waals surface area (Å²) in [5.41, 5.74) is 0.831. The Balaban J connectivity index is 2.62. The first kappa shape index (κ1) is 15.9. The minimum atomic E-state index is -0.855. The maximum absolute atomic E-state index is 12.0. The Kier molecular flexibility index (Phi) is 5.34. The number of hydrogen-bond acceptors (Lipinski definition) is 2. The van der Waals surface area contributed by atoms with Crippen molar-refractivity contribution in [1.82, 2.24) is 5.32 Å². The van der Waals surface area contributed by atoms with Gasteiger partial charge in [0.2, 0.25) is 0 Å². The lowest BCUT2D eigenvalue weighted by Gasteiger charge is -2.19. The topological polar surface area (TPSA) is 66.4 Å². The highest BCUT2D eigenvalue weighted by Gasteiger charge is 2.26. The van der Waals surface area contributed by atoms with Crippen LogP contribution >= 0.6 is 22.6 Å². The summed E-state index contributed by atoms with van der Waals surface area (Å²) in [6, 6.07) is 5.68. The van der Waals surface area contributed by atoms with Gasteiger partial charge in [-0.05, 0) is 61.9 Å². The molecule has 0 saturated heterocycles. The fourth-order valence-corrected chi connectivity index (χ4v) is 2.08. The Morgan fingerprint density at radius 3 is 2.58 bits per heavy atom. The van der Waals surface area contributed by atoms with Crippen molar-refractivity contribution in [3.05, 3.63) is 32.9 Å². The maximum atomic E-state index is 12.0. The molecule has 1 aromatic carbocycles. The van der Waals surface area contributed by atoms with Crippen LogP contribution in [0.3, 0.4) is 0 Å². The molecular weight excluding hydrogens is 357 g/mol. The predicted octanol–water partition coefficient (Wildman–Crippen LogP) is 2.83. The largest absolute Gasteiger partial charge is 0.481 e. The van der Waals surface area contributed by atoms with Crippen molar-refractivity contribution in [2.45, 2.75) is 27.2 Å². The van der Waals surface area contributed by atoms with Gasteiger partial charge in [-0.2, -0.15) is 0 Å². The number of carboxylic acid groups (broad SMARTS) is 1. The molecule has 0 aliphatic heterocycles. The zero-order chi connectivity index (χ0) is 14.6. The van der Waals surface area contributed by atoms with Crippen molar-refractivity contribution in [3.63, 3.8) is 0 Å². The smallest absolute Gasteiger partial charge is 0.309 e. The van der Waals surface area contributed by atoms with Crippen LogP contribution in [0.5, 0.6) is 0 Å². The van der Waals surface area contributed by atoms with Crippen LogP contribution in [-0.2, 0) is 4.79 Å². The van der Waals surface area contributed by atoms with E-state index in [4.69, 9.17) is 5.11 Å². The van der Waals surface area contributed by atoms with Gasteiger partial charge in [0.15, 0.2) is 0 Å². The lowest BCUT2D eigenvalue weighted by molar-refractivity contribution is -0.147. The molecule has 0 bridgehead atoms. The van der Waals surface area contributed by atoms with Crippen LogP contribution in [-0.4, -0.2) is 23.5 Å². The van der Waals surface area contributed by atoms with E-state index >= 15 is 0 Å². The molecule has 1 aromatic rings. The number of hydrogen-bond donors (Lipinski definition) is 2. The summed E-state index contributed by atoms with van der Waals surface area (Å²) >= 11 is 2.12. The summed E-state index contributed by atoms with van der Waals surface area (Å²) in [5.74, 6) is -1.01. The average Bonchev–Trinajstić information content (AvgIpc) is 2.31. The molecule has 104 valence electrons. The minimum absolute atomic E-state index is 0.158. The summed E-state index contributed by atoms with van der Waals surface area (Å²) in [6.45, 7) is 5.58. The number of benzene rings is 1. The van der Waals surface area contributed by atoms with Gasteiger partial charge < -0.3 is 10.4 Å². The molecule has 5 heteroatoms. The number of carbonyl (C=O) groups is 2. The number of carbonyl (C=O) groups excluding carboxylic acids is 1. The van der Waals surface area contributed by atoms with E-state index in [-0.39, 0.29) is 5.91 Å². The summed E-state index contributed by atoms with van der Waals surface area (Å²) in [6.07, 6.45) is 0.399. The zero-order valence-corrected chi connectivity index (χ0v) is 13.4. The van der Waals surface area contributed by atoms with Gasteiger partial charge in [-0.3, -0.25) is 9.59 Å². The highest BCUT2D eigenvalue weighted by atomic mass is 127. The van der Waals surface area contributed by atoms with E-state index in [1.807, 2.05) is 25.1 Å². The van der Waals surface area contributed by atoms with E-state index < -0.39 is 11.4 Å². The molecule has 19 heavy (non-hydrogen) atoms. The number of carboxylic acids is 1. The summed E-state index contributed by atoms with van der Waals surface area (Å²) in [4.78, 5) is 23.0. The second-order valence-electron chi connectivity index (χ2n) is 5.18. The lowest BCUT2D eigenvalue weighted by atomic mass is 9.90. The number of halogens is 1. The Morgan fingerprint density at radius 2 is 2.00 bits per heavy atom. The van der Waals surface area contributed by atoms with Crippen molar-refractivity contribution >= 4 is 34.5 Å². The normalized spacial score (nSPS) is 11.2. The number of amides is 1. The fraction of sp³-hybridized carbons (Fsp3) is 0.429. The van der Waals surface area contributed by atoms with Gasteiger partial charge in [0.25, 0.3) is 5.91 Å². The molecule has 0 heterocycles. The first-order valence-corrected chi connectivity index (χ1v) is 7.09. The van der Waals surface area contributed by atoms with Gasteiger partial charge in [0, 0.05) is 10.1 Å². The van der Waals surface area contributed by atoms with Crippen molar-refractivity contribution in [1.29, 1.82) is 0 Å². The van der Waals surface area contributed by atoms with E-state index in [0.717, 1.165) is 9.13 Å². The molecule has 0 radical (unpaired) electrons. The van der Waals surface area contributed by atoms with Gasteiger partial charge in [0.05, 0.1) is 11.0 Å². The van der Waals surface area contributed by atoms with E-state index in [9.17, 15) is 9.59 Å².